The molecule has 0 spiro atoms. The van der Waals surface area contributed by atoms with Crippen LogP contribution in [0.15, 0.2) is 6.20 Å². The number of hydrogen-bond donors (Lipinski definition) is 1. The summed E-state index contributed by atoms with van der Waals surface area (Å²) >= 11 is 5.90. The van der Waals surface area contributed by atoms with Gasteiger partial charge in [0.1, 0.15) is 0 Å². The normalized spacial score (nSPS) is 17.9. The van der Waals surface area contributed by atoms with Crippen LogP contribution in [0.25, 0.3) is 0 Å². The number of aryl methyl sites for hydroxylation is 2. The summed E-state index contributed by atoms with van der Waals surface area (Å²) in [6.07, 6.45) is 4.83. The fraction of sp³-hybridized carbons (Fsp3) is 0.636. The van der Waals surface area contributed by atoms with Gasteiger partial charge < -0.3 is 5.32 Å². The van der Waals surface area contributed by atoms with Crippen molar-refractivity contribution in [2.45, 2.75) is 31.7 Å². The molecule has 1 aromatic rings. The maximum atomic E-state index is 12.0. The quantitative estimate of drug-likeness (QED) is 0.818. The van der Waals surface area contributed by atoms with Crippen molar-refractivity contribution in [2.24, 2.45) is 7.05 Å². The molecule has 0 unspecified atom stereocenters. The molecule has 5 heteroatoms. The molecule has 0 radical (unpaired) electrons. The van der Waals surface area contributed by atoms with Crippen LogP contribution in [0, 0.1) is 6.92 Å². The van der Waals surface area contributed by atoms with Gasteiger partial charge in [0.15, 0.2) is 0 Å². The predicted octanol–water partition coefficient (Wildman–Crippen LogP) is 1.62. The zero-order valence-electron chi connectivity index (χ0n) is 9.59. The van der Waals surface area contributed by atoms with E-state index in [1.807, 2.05) is 14.0 Å². The Bertz CT molecular complexity index is 404. The average Bonchev–Trinajstić information content (AvgIpc) is 2.51. The van der Waals surface area contributed by atoms with E-state index in [4.69, 9.17) is 11.6 Å². The molecular formula is C11H16ClN3O. The van der Waals surface area contributed by atoms with Crippen molar-refractivity contribution in [1.29, 1.82) is 0 Å². The van der Waals surface area contributed by atoms with E-state index in [9.17, 15) is 4.79 Å². The van der Waals surface area contributed by atoms with Crippen molar-refractivity contribution in [3.63, 3.8) is 0 Å². The molecule has 16 heavy (non-hydrogen) atoms. The Morgan fingerprint density at radius 2 is 2.38 bits per heavy atom. The van der Waals surface area contributed by atoms with E-state index in [1.165, 1.54) is 0 Å². The summed E-state index contributed by atoms with van der Waals surface area (Å²) in [6, 6.07) is 0. The van der Waals surface area contributed by atoms with E-state index >= 15 is 0 Å². The van der Waals surface area contributed by atoms with Crippen LogP contribution in [0.3, 0.4) is 0 Å². The number of halogens is 1. The molecule has 0 aliphatic heterocycles. The third kappa shape index (κ3) is 1.94. The fourth-order valence-corrected chi connectivity index (χ4v) is 2.36. The lowest BCUT2D eigenvalue weighted by Gasteiger charge is -2.40. The minimum Gasteiger partial charge on any atom is -0.345 e. The topological polar surface area (TPSA) is 46.9 Å². The number of alkyl halides is 1. The van der Waals surface area contributed by atoms with E-state index in [0.717, 1.165) is 25.0 Å². The van der Waals surface area contributed by atoms with Crippen molar-refractivity contribution in [2.75, 3.05) is 5.88 Å². The molecule has 0 atom stereocenters. The number of aromatic nitrogens is 2. The van der Waals surface area contributed by atoms with Gasteiger partial charge in [0.25, 0.3) is 5.91 Å². The Morgan fingerprint density at radius 1 is 1.69 bits per heavy atom. The molecule has 1 aliphatic carbocycles. The van der Waals surface area contributed by atoms with Gasteiger partial charge in [-0.3, -0.25) is 9.48 Å². The van der Waals surface area contributed by atoms with E-state index in [0.29, 0.717) is 11.4 Å². The van der Waals surface area contributed by atoms with Crippen LogP contribution in [-0.4, -0.2) is 27.1 Å². The first-order valence-electron chi connectivity index (χ1n) is 5.45. The lowest BCUT2D eigenvalue weighted by molar-refractivity contribution is 0.0853. The summed E-state index contributed by atoms with van der Waals surface area (Å²) in [7, 11) is 1.81. The second kappa shape index (κ2) is 4.09. The maximum Gasteiger partial charge on any atom is 0.255 e. The maximum absolute atomic E-state index is 12.0. The number of carbonyl (C=O) groups is 1. The summed E-state index contributed by atoms with van der Waals surface area (Å²) < 4.78 is 1.65. The third-order valence-electron chi connectivity index (χ3n) is 3.20. The first-order chi connectivity index (χ1) is 7.56. The van der Waals surface area contributed by atoms with E-state index in [-0.39, 0.29) is 11.4 Å². The number of amides is 1. The smallest absolute Gasteiger partial charge is 0.255 e. The number of carbonyl (C=O) groups excluding carboxylic acids is 1. The lowest BCUT2D eigenvalue weighted by atomic mass is 9.78. The average molecular weight is 242 g/mol. The van der Waals surface area contributed by atoms with Crippen LogP contribution in [-0.2, 0) is 7.05 Å². The first kappa shape index (κ1) is 11.5. The summed E-state index contributed by atoms with van der Waals surface area (Å²) in [4.78, 5) is 12.0. The van der Waals surface area contributed by atoms with Crippen molar-refractivity contribution in [3.05, 3.63) is 17.5 Å². The first-order valence-corrected chi connectivity index (χ1v) is 5.98. The SMILES string of the molecule is Cc1nn(C)cc1C(=O)NC1(CCl)CCC1. The van der Waals surface area contributed by atoms with E-state index < -0.39 is 0 Å². The number of nitrogens with one attached hydrogen (secondary N) is 1. The highest BCUT2D eigenvalue weighted by Crippen LogP contribution is 2.33. The van der Waals surface area contributed by atoms with Gasteiger partial charge in [-0.15, -0.1) is 11.6 Å². The second-order valence-corrected chi connectivity index (χ2v) is 4.79. The molecule has 4 nitrogen and oxygen atoms in total. The minimum absolute atomic E-state index is 0.0639. The fourth-order valence-electron chi connectivity index (χ4n) is 2.03. The van der Waals surface area contributed by atoms with Crippen molar-refractivity contribution in [3.8, 4) is 0 Å². The molecule has 1 amide bonds. The van der Waals surface area contributed by atoms with Crippen molar-refractivity contribution in [1.82, 2.24) is 15.1 Å². The molecule has 0 bridgehead atoms. The highest BCUT2D eigenvalue weighted by molar-refractivity contribution is 6.19. The van der Waals surface area contributed by atoms with Crippen LogP contribution in [0.2, 0.25) is 0 Å². The van der Waals surface area contributed by atoms with Gasteiger partial charge in [-0.05, 0) is 26.2 Å². The molecule has 1 fully saturated rings. The second-order valence-electron chi connectivity index (χ2n) is 4.52. The Labute approximate surface area is 100.0 Å². The zero-order valence-corrected chi connectivity index (χ0v) is 10.3. The van der Waals surface area contributed by atoms with Crippen molar-refractivity contribution >= 4 is 17.5 Å². The summed E-state index contributed by atoms with van der Waals surface area (Å²) in [5, 5.41) is 7.18. The van der Waals surface area contributed by atoms with Gasteiger partial charge in [0.2, 0.25) is 0 Å². The Morgan fingerprint density at radius 3 is 2.75 bits per heavy atom. The molecular weight excluding hydrogens is 226 g/mol. The number of hydrogen-bond acceptors (Lipinski definition) is 2. The number of rotatable bonds is 3. The minimum atomic E-state index is -0.180. The van der Waals surface area contributed by atoms with Crippen LogP contribution in [0.1, 0.15) is 35.3 Å². The van der Waals surface area contributed by atoms with Crippen LogP contribution in [0.5, 0.6) is 0 Å². The predicted molar refractivity (Wildman–Crippen MR) is 62.7 cm³/mol. The molecule has 88 valence electrons. The van der Waals surface area contributed by atoms with Crippen LogP contribution in [0.4, 0.5) is 0 Å². The molecule has 1 heterocycles. The van der Waals surface area contributed by atoms with Crippen molar-refractivity contribution < 1.29 is 4.79 Å². The summed E-state index contributed by atoms with van der Waals surface area (Å²) in [5.74, 6) is 0.420. The van der Waals surface area contributed by atoms with Gasteiger partial charge in [-0.25, -0.2) is 0 Å². The molecule has 0 aromatic carbocycles. The Balaban J connectivity index is 2.11. The largest absolute Gasteiger partial charge is 0.345 e. The molecule has 1 aliphatic rings. The van der Waals surface area contributed by atoms with E-state index in [1.54, 1.807) is 10.9 Å². The molecule has 0 saturated heterocycles. The Hall–Kier alpha value is -1.03. The van der Waals surface area contributed by atoms with E-state index in [2.05, 4.69) is 10.4 Å². The van der Waals surface area contributed by atoms with Gasteiger partial charge in [0, 0.05) is 19.1 Å². The highest BCUT2D eigenvalue weighted by atomic mass is 35.5. The number of nitrogens with zero attached hydrogens (tertiary/aromatic N) is 2. The standard InChI is InChI=1S/C11H16ClN3O/c1-8-9(6-15(2)14-8)10(16)13-11(7-12)4-3-5-11/h6H,3-5,7H2,1-2H3,(H,13,16). The van der Waals surface area contributed by atoms with Gasteiger partial charge >= 0.3 is 0 Å². The van der Waals surface area contributed by atoms with Crippen LogP contribution >= 0.6 is 11.6 Å². The molecule has 1 saturated carbocycles. The molecule has 1 N–H and O–H groups in total. The summed E-state index contributed by atoms with van der Waals surface area (Å²) in [5.41, 5.74) is 1.21. The summed E-state index contributed by atoms with van der Waals surface area (Å²) in [6.45, 7) is 1.84. The van der Waals surface area contributed by atoms with Gasteiger partial charge in [-0.2, -0.15) is 5.10 Å². The lowest BCUT2D eigenvalue weighted by Crippen LogP contribution is -2.55. The van der Waals surface area contributed by atoms with Crippen LogP contribution < -0.4 is 5.32 Å². The zero-order chi connectivity index (χ0) is 11.8. The van der Waals surface area contributed by atoms with Gasteiger partial charge in [0.05, 0.1) is 16.8 Å². The molecule has 2 rings (SSSR count). The van der Waals surface area contributed by atoms with Gasteiger partial charge in [-0.1, -0.05) is 0 Å². The monoisotopic (exact) mass is 241 g/mol. The third-order valence-corrected chi connectivity index (χ3v) is 3.71. The highest BCUT2D eigenvalue weighted by Gasteiger charge is 2.38. The Kier molecular flexibility index (Phi) is 2.93. The molecule has 1 aromatic heterocycles.